The van der Waals surface area contributed by atoms with Gasteiger partial charge in [-0.25, -0.2) is 0 Å². The third kappa shape index (κ3) is 7.37. The molecule has 1 heteroatoms. The molecule has 1 aromatic carbocycles. The summed E-state index contributed by atoms with van der Waals surface area (Å²) < 4.78 is 0. The van der Waals surface area contributed by atoms with E-state index in [9.17, 15) is 5.26 Å². The van der Waals surface area contributed by atoms with Crippen molar-refractivity contribution in [2.24, 2.45) is 17.3 Å². The number of aryl methyl sites for hydroxylation is 1. The first-order valence-corrected chi connectivity index (χ1v) is 13.7. The van der Waals surface area contributed by atoms with Crippen molar-refractivity contribution in [1.82, 2.24) is 0 Å². The van der Waals surface area contributed by atoms with E-state index in [0.29, 0.717) is 5.92 Å². The maximum absolute atomic E-state index is 9.53. The van der Waals surface area contributed by atoms with Crippen molar-refractivity contribution >= 4 is 0 Å². The molecule has 0 aliphatic heterocycles. The summed E-state index contributed by atoms with van der Waals surface area (Å²) in [4.78, 5) is 0. The Hall–Kier alpha value is -1.29. The molecule has 1 aromatic rings. The van der Waals surface area contributed by atoms with Gasteiger partial charge in [0.15, 0.2) is 0 Å². The van der Waals surface area contributed by atoms with Crippen LogP contribution in [0.4, 0.5) is 0 Å². The molecule has 31 heavy (non-hydrogen) atoms. The van der Waals surface area contributed by atoms with Gasteiger partial charge < -0.3 is 0 Å². The Morgan fingerprint density at radius 1 is 0.806 bits per heavy atom. The third-order valence-electron chi connectivity index (χ3n) is 8.83. The van der Waals surface area contributed by atoms with E-state index in [1.54, 1.807) is 0 Å². The summed E-state index contributed by atoms with van der Waals surface area (Å²) in [6.45, 7) is 4.48. The van der Waals surface area contributed by atoms with Crippen molar-refractivity contribution in [3.63, 3.8) is 0 Å². The van der Waals surface area contributed by atoms with Crippen LogP contribution in [0.3, 0.4) is 0 Å². The minimum Gasteiger partial charge on any atom is -0.198 e. The van der Waals surface area contributed by atoms with Gasteiger partial charge in [0, 0.05) is 0 Å². The number of nitriles is 1. The number of hydrogen-bond donors (Lipinski definition) is 0. The van der Waals surface area contributed by atoms with Gasteiger partial charge in [0.25, 0.3) is 0 Å². The van der Waals surface area contributed by atoms with Crippen LogP contribution in [0.2, 0.25) is 0 Å². The van der Waals surface area contributed by atoms with Gasteiger partial charge in [-0.1, -0.05) is 102 Å². The second kappa shape index (κ2) is 12.7. The lowest BCUT2D eigenvalue weighted by atomic mass is 9.68. The Bertz CT molecular complexity index is 651. The number of unbranched alkanes of at least 4 members (excludes halogenated alkanes) is 4. The number of rotatable bonds is 11. The topological polar surface area (TPSA) is 23.8 Å². The van der Waals surface area contributed by atoms with Crippen LogP contribution in [0.25, 0.3) is 0 Å². The van der Waals surface area contributed by atoms with Gasteiger partial charge >= 0.3 is 0 Å². The highest BCUT2D eigenvalue weighted by molar-refractivity contribution is 5.26. The fourth-order valence-electron chi connectivity index (χ4n) is 6.22. The van der Waals surface area contributed by atoms with Gasteiger partial charge in [-0.05, 0) is 73.8 Å². The lowest BCUT2D eigenvalue weighted by Gasteiger charge is -2.34. The van der Waals surface area contributed by atoms with Gasteiger partial charge in [0.2, 0.25) is 0 Å². The molecule has 2 saturated carbocycles. The third-order valence-corrected chi connectivity index (χ3v) is 8.83. The standard InChI is InChI=1S/C30H47N/c1-3-5-6-7-8-9-25-10-12-26(13-11-25)14-15-27-16-18-28(19-17-27)29-20-22-30(4-2,24-31)23-21-29/h16-19,25-26,29H,3-15,20-23H2,1-2H3/t25-,26-,29?,30?. The zero-order chi connectivity index (χ0) is 21.9. The van der Waals surface area contributed by atoms with E-state index in [2.05, 4.69) is 44.2 Å². The maximum Gasteiger partial charge on any atom is 0.0689 e. The largest absolute Gasteiger partial charge is 0.198 e. The van der Waals surface area contributed by atoms with Crippen molar-refractivity contribution in [2.75, 3.05) is 0 Å². The average Bonchev–Trinajstić information content (AvgIpc) is 2.84. The molecule has 0 spiro atoms. The Labute approximate surface area is 193 Å². The van der Waals surface area contributed by atoms with E-state index in [0.717, 1.165) is 31.1 Å². The van der Waals surface area contributed by atoms with Crippen molar-refractivity contribution < 1.29 is 0 Å². The van der Waals surface area contributed by atoms with Crippen molar-refractivity contribution in [2.45, 2.75) is 129 Å². The van der Waals surface area contributed by atoms with Gasteiger partial charge in [-0.3, -0.25) is 0 Å². The molecule has 0 aromatic heterocycles. The summed E-state index contributed by atoms with van der Waals surface area (Å²) in [5.74, 6) is 2.65. The van der Waals surface area contributed by atoms with Crippen LogP contribution in [0.5, 0.6) is 0 Å². The smallest absolute Gasteiger partial charge is 0.0689 e. The molecular formula is C30H47N. The van der Waals surface area contributed by atoms with E-state index >= 15 is 0 Å². The minimum atomic E-state index is -0.0372. The second-order valence-electron chi connectivity index (χ2n) is 10.9. The molecule has 172 valence electrons. The minimum absolute atomic E-state index is 0.0372. The van der Waals surface area contributed by atoms with Crippen LogP contribution in [0.15, 0.2) is 24.3 Å². The predicted molar refractivity (Wildman–Crippen MR) is 133 cm³/mol. The van der Waals surface area contributed by atoms with Crippen LogP contribution in [-0.2, 0) is 6.42 Å². The SMILES string of the molecule is CCCCCCC[C@H]1CC[C@H](CCc2ccc(C3CCC(C#N)(CC)CC3)cc2)CC1. The normalized spacial score (nSPS) is 28.9. The van der Waals surface area contributed by atoms with Gasteiger partial charge in [-0.2, -0.15) is 5.26 Å². The van der Waals surface area contributed by atoms with Crippen LogP contribution in [-0.4, -0.2) is 0 Å². The number of nitrogens with zero attached hydrogens (tertiary/aromatic N) is 1. The van der Waals surface area contributed by atoms with E-state index in [1.165, 1.54) is 101 Å². The lowest BCUT2D eigenvalue weighted by Crippen LogP contribution is -2.24. The average molecular weight is 422 g/mol. The predicted octanol–water partition coefficient (Wildman–Crippen LogP) is 9.36. The first kappa shape index (κ1) is 24.4. The Kier molecular flexibility index (Phi) is 9.95. The van der Waals surface area contributed by atoms with Crippen molar-refractivity contribution in [3.05, 3.63) is 35.4 Å². The summed E-state index contributed by atoms with van der Waals surface area (Å²) in [7, 11) is 0. The Morgan fingerprint density at radius 2 is 1.42 bits per heavy atom. The van der Waals surface area contributed by atoms with Crippen LogP contribution < -0.4 is 0 Å². The fraction of sp³-hybridized carbons (Fsp3) is 0.767. The van der Waals surface area contributed by atoms with E-state index < -0.39 is 0 Å². The summed E-state index contributed by atoms with van der Waals surface area (Å²) in [5, 5.41) is 9.53. The molecule has 0 bridgehead atoms. The lowest BCUT2D eigenvalue weighted by molar-refractivity contribution is 0.238. The first-order chi connectivity index (χ1) is 15.2. The summed E-state index contributed by atoms with van der Waals surface area (Å²) in [6, 6.07) is 12.2. The Balaban J connectivity index is 1.34. The van der Waals surface area contributed by atoms with Gasteiger partial charge in [-0.15, -0.1) is 0 Å². The Morgan fingerprint density at radius 3 is 2.00 bits per heavy atom. The molecule has 2 fully saturated rings. The quantitative estimate of drug-likeness (QED) is 0.326. The van der Waals surface area contributed by atoms with E-state index in [4.69, 9.17) is 0 Å². The molecule has 0 saturated heterocycles. The van der Waals surface area contributed by atoms with Crippen LogP contribution in [0.1, 0.15) is 134 Å². The molecule has 0 unspecified atom stereocenters. The summed E-state index contributed by atoms with van der Waals surface area (Å²) in [5.41, 5.74) is 2.99. The van der Waals surface area contributed by atoms with Crippen LogP contribution in [0, 0.1) is 28.6 Å². The molecule has 2 aliphatic rings. The first-order valence-electron chi connectivity index (χ1n) is 13.7. The molecule has 0 amide bonds. The zero-order valence-corrected chi connectivity index (χ0v) is 20.5. The fourth-order valence-corrected chi connectivity index (χ4v) is 6.22. The highest BCUT2D eigenvalue weighted by atomic mass is 14.4. The van der Waals surface area contributed by atoms with Gasteiger partial charge in [0.05, 0.1) is 11.5 Å². The van der Waals surface area contributed by atoms with Crippen molar-refractivity contribution in [1.29, 1.82) is 5.26 Å². The monoisotopic (exact) mass is 421 g/mol. The molecule has 2 aliphatic carbocycles. The molecule has 1 nitrogen and oxygen atoms in total. The molecule has 0 heterocycles. The number of hydrogen-bond acceptors (Lipinski definition) is 1. The van der Waals surface area contributed by atoms with E-state index in [1.807, 2.05) is 0 Å². The van der Waals surface area contributed by atoms with E-state index in [-0.39, 0.29) is 5.41 Å². The highest BCUT2D eigenvalue weighted by Crippen LogP contribution is 2.44. The second-order valence-corrected chi connectivity index (χ2v) is 10.9. The molecule has 0 N–H and O–H groups in total. The zero-order valence-electron chi connectivity index (χ0n) is 20.5. The maximum atomic E-state index is 9.53. The van der Waals surface area contributed by atoms with Gasteiger partial charge in [0.1, 0.15) is 0 Å². The number of benzene rings is 1. The summed E-state index contributed by atoms with van der Waals surface area (Å²) in [6.07, 6.45) is 22.7. The molecule has 3 rings (SSSR count). The summed E-state index contributed by atoms with van der Waals surface area (Å²) >= 11 is 0. The molecular weight excluding hydrogens is 374 g/mol. The van der Waals surface area contributed by atoms with Crippen molar-refractivity contribution in [3.8, 4) is 6.07 Å². The molecule has 0 radical (unpaired) electrons. The highest BCUT2D eigenvalue weighted by Gasteiger charge is 2.34. The molecule has 0 atom stereocenters. The van der Waals surface area contributed by atoms with Crippen LogP contribution >= 0.6 is 0 Å².